The Bertz CT molecular complexity index is 204. The lowest BCUT2D eigenvalue weighted by molar-refractivity contribution is 0.398. The average molecular weight is 182 g/mol. The van der Waals surface area contributed by atoms with Crippen molar-refractivity contribution in [3.05, 3.63) is 0 Å². The third-order valence-corrected chi connectivity index (χ3v) is 1.74. The predicted molar refractivity (Wildman–Crippen MR) is 54.2 cm³/mol. The Morgan fingerprint density at radius 1 is 1.62 bits per heavy atom. The summed E-state index contributed by atoms with van der Waals surface area (Å²) in [7, 11) is 0. The standard InChI is InChI=1S/C9H18N4/c1-4-12-9(11)13(5-2)7-8(3)6-10/h8H,4-5,7H2,1-3H3,(H2,11,12). The lowest BCUT2D eigenvalue weighted by Crippen LogP contribution is -2.39. The van der Waals surface area contributed by atoms with Crippen LogP contribution in [-0.2, 0) is 0 Å². The van der Waals surface area contributed by atoms with E-state index in [4.69, 9.17) is 11.0 Å². The highest BCUT2D eigenvalue weighted by Gasteiger charge is 2.09. The maximum Gasteiger partial charge on any atom is 0.191 e. The highest BCUT2D eigenvalue weighted by atomic mass is 15.2. The van der Waals surface area contributed by atoms with E-state index in [2.05, 4.69) is 11.1 Å². The lowest BCUT2D eigenvalue weighted by atomic mass is 10.2. The van der Waals surface area contributed by atoms with E-state index < -0.39 is 0 Å². The summed E-state index contributed by atoms with van der Waals surface area (Å²) in [6.45, 7) is 7.95. The average Bonchev–Trinajstić information content (AvgIpc) is 2.14. The summed E-state index contributed by atoms with van der Waals surface area (Å²) < 4.78 is 0. The highest BCUT2D eigenvalue weighted by molar-refractivity contribution is 5.78. The second-order valence-electron chi connectivity index (χ2n) is 2.90. The van der Waals surface area contributed by atoms with Crippen molar-refractivity contribution in [1.82, 2.24) is 4.90 Å². The van der Waals surface area contributed by atoms with Crippen molar-refractivity contribution < 1.29 is 0 Å². The molecule has 0 heterocycles. The first kappa shape index (κ1) is 11.8. The topological polar surface area (TPSA) is 65.4 Å². The van der Waals surface area contributed by atoms with Crippen LogP contribution >= 0.6 is 0 Å². The minimum atomic E-state index is -0.00874. The van der Waals surface area contributed by atoms with Crippen molar-refractivity contribution in [1.29, 1.82) is 5.26 Å². The minimum Gasteiger partial charge on any atom is -0.370 e. The molecular weight excluding hydrogens is 164 g/mol. The molecule has 0 rings (SSSR count). The molecule has 0 radical (unpaired) electrons. The third kappa shape index (κ3) is 4.36. The van der Waals surface area contributed by atoms with Crippen LogP contribution < -0.4 is 5.73 Å². The molecule has 2 N–H and O–H groups in total. The van der Waals surface area contributed by atoms with E-state index in [0.717, 1.165) is 6.54 Å². The Morgan fingerprint density at radius 2 is 2.23 bits per heavy atom. The second kappa shape index (κ2) is 6.30. The number of hydrogen-bond acceptors (Lipinski definition) is 2. The number of nitrogens with zero attached hydrogens (tertiary/aromatic N) is 3. The van der Waals surface area contributed by atoms with Gasteiger partial charge in [-0.3, -0.25) is 4.99 Å². The van der Waals surface area contributed by atoms with Gasteiger partial charge in [-0.25, -0.2) is 0 Å². The summed E-state index contributed by atoms with van der Waals surface area (Å²) in [6.07, 6.45) is 0. The smallest absolute Gasteiger partial charge is 0.191 e. The molecule has 0 fully saturated rings. The largest absolute Gasteiger partial charge is 0.370 e. The van der Waals surface area contributed by atoms with Crippen LogP contribution in [0.5, 0.6) is 0 Å². The number of nitriles is 1. The summed E-state index contributed by atoms with van der Waals surface area (Å²) in [4.78, 5) is 6.01. The molecule has 0 saturated heterocycles. The van der Waals surface area contributed by atoms with Crippen LogP contribution in [0.1, 0.15) is 20.8 Å². The van der Waals surface area contributed by atoms with Crippen LogP contribution in [0.2, 0.25) is 0 Å². The first-order valence-corrected chi connectivity index (χ1v) is 4.60. The lowest BCUT2D eigenvalue weighted by Gasteiger charge is -2.22. The molecule has 0 aromatic carbocycles. The monoisotopic (exact) mass is 182 g/mol. The first-order chi connectivity index (χ1) is 6.15. The van der Waals surface area contributed by atoms with Crippen molar-refractivity contribution >= 4 is 5.96 Å². The van der Waals surface area contributed by atoms with Gasteiger partial charge in [-0.2, -0.15) is 5.26 Å². The van der Waals surface area contributed by atoms with Crippen LogP contribution in [0, 0.1) is 17.2 Å². The Balaban J connectivity index is 4.19. The number of nitrogens with two attached hydrogens (primary N) is 1. The van der Waals surface area contributed by atoms with Gasteiger partial charge in [0.15, 0.2) is 5.96 Å². The zero-order valence-electron chi connectivity index (χ0n) is 8.62. The van der Waals surface area contributed by atoms with Gasteiger partial charge in [0, 0.05) is 19.6 Å². The molecule has 0 aliphatic carbocycles. The molecule has 74 valence electrons. The van der Waals surface area contributed by atoms with Crippen LogP contribution in [0.25, 0.3) is 0 Å². The zero-order chi connectivity index (χ0) is 10.3. The van der Waals surface area contributed by atoms with Crippen molar-refractivity contribution in [3.63, 3.8) is 0 Å². The fraction of sp³-hybridized carbons (Fsp3) is 0.778. The van der Waals surface area contributed by atoms with Gasteiger partial charge in [0.05, 0.1) is 12.0 Å². The molecular formula is C9H18N4. The summed E-state index contributed by atoms with van der Waals surface area (Å²) >= 11 is 0. The van der Waals surface area contributed by atoms with Crippen molar-refractivity contribution in [2.75, 3.05) is 19.6 Å². The number of hydrogen-bond donors (Lipinski definition) is 1. The van der Waals surface area contributed by atoms with Gasteiger partial charge in [-0.1, -0.05) is 0 Å². The molecule has 0 aromatic heterocycles. The SMILES string of the molecule is CCN=C(N)N(CC)CC(C)C#N. The number of aliphatic imine (C=N–C) groups is 1. The Hall–Kier alpha value is -1.24. The van der Waals surface area contributed by atoms with Crippen LogP contribution in [0.4, 0.5) is 0 Å². The third-order valence-electron chi connectivity index (χ3n) is 1.74. The first-order valence-electron chi connectivity index (χ1n) is 4.60. The van der Waals surface area contributed by atoms with E-state index in [1.807, 2.05) is 25.7 Å². The van der Waals surface area contributed by atoms with Gasteiger partial charge in [0.25, 0.3) is 0 Å². The van der Waals surface area contributed by atoms with Gasteiger partial charge in [-0.15, -0.1) is 0 Å². The molecule has 1 unspecified atom stereocenters. The van der Waals surface area contributed by atoms with Gasteiger partial charge >= 0.3 is 0 Å². The zero-order valence-corrected chi connectivity index (χ0v) is 8.62. The van der Waals surface area contributed by atoms with E-state index in [9.17, 15) is 0 Å². The maximum atomic E-state index is 8.63. The molecule has 4 heteroatoms. The van der Waals surface area contributed by atoms with Crippen LogP contribution in [0.15, 0.2) is 4.99 Å². The van der Waals surface area contributed by atoms with Crippen LogP contribution in [0.3, 0.4) is 0 Å². The fourth-order valence-corrected chi connectivity index (χ4v) is 1.02. The predicted octanol–water partition coefficient (Wildman–Crippen LogP) is 0.803. The van der Waals surface area contributed by atoms with Crippen molar-refractivity contribution in [2.45, 2.75) is 20.8 Å². The molecule has 0 aliphatic rings. The number of guanidine groups is 1. The second-order valence-corrected chi connectivity index (χ2v) is 2.90. The Morgan fingerprint density at radius 3 is 2.62 bits per heavy atom. The molecule has 0 aromatic rings. The molecule has 0 aliphatic heterocycles. The van der Waals surface area contributed by atoms with E-state index in [1.54, 1.807) is 0 Å². The normalized spacial score (nSPS) is 13.5. The summed E-state index contributed by atoms with van der Waals surface area (Å²) in [6, 6.07) is 2.17. The van der Waals surface area contributed by atoms with Crippen molar-refractivity contribution in [3.8, 4) is 6.07 Å². The molecule has 0 bridgehead atoms. The summed E-state index contributed by atoms with van der Waals surface area (Å²) in [5.41, 5.74) is 5.71. The molecule has 0 amide bonds. The van der Waals surface area contributed by atoms with Gasteiger partial charge in [0.2, 0.25) is 0 Å². The quantitative estimate of drug-likeness (QED) is 0.516. The Labute approximate surface area is 80.0 Å². The van der Waals surface area contributed by atoms with E-state index in [1.165, 1.54) is 0 Å². The molecule has 13 heavy (non-hydrogen) atoms. The summed E-state index contributed by atoms with van der Waals surface area (Å²) in [5, 5.41) is 8.63. The number of rotatable bonds is 4. The maximum absolute atomic E-state index is 8.63. The Kier molecular flexibility index (Phi) is 5.69. The minimum absolute atomic E-state index is 0.00874. The van der Waals surface area contributed by atoms with Crippen LogP contribution in [-0.4, -0.2) is 30.5 Å². The molecule has 0 saturated carbocycles. The van der Waals surface area contributed by atoms with Crippen molar-refractivity contribution in [2.24, 2.45) is 16.6 Å². The van der Waals surface area contributed by atoms with E-state index in [-0.39, 0.29) is 5.92 Å². The molecule has 1 atom stereocenters. The molecule has 4 nitrogen and oxygen atoms in total. The highest BCUT2D eigenvalue weighted by Crippen LogP contribution is 1.97. The fourth-order valence-electron chi connectivity index (χ4n) is 1.02. The van der Waals surface area contributed by atoms with Gasteiger partial charge < -0.3 is 10.6 Å². The van der Waals surface area contributed by atoms with Gasteiger partial charge in [-0.05, 0) is 20.8 Å². The van der Waals surface area contributed by atoms with E-state index >= 15 is 0 Å². The van der Waals surface area contributed by atoms with E-state index in [0.29, 0.717) is 19.0 Å². The summed E-state index contributed by atoms with van der Waals surface area (Å²) in [5.74, 6) is 0.526. The molecule has 0 spiro atoms. The van der Waals surface area contributed by atoms with Gasteiger partial charge in [0.1, 0.15) is 0 Å².